The highest BCUT2D eigenvalue weighted by Crippen LogP contribution is 2.02. The third-order valence-electron chi connectivity index (χ3n) is 1.59. The SMILES string of the molecule is COCCC(=O)C(C)C(=O)OC. The van der Waals surface area contributed by atoms with Gasteiger partial charge in [0.2, 0.25) is 0 Å². The van der Waals surface area contributed by atoms with Crippen LogP contribution < -0.4 is 0 Å². The fourth-order valence-electron chi connectivity index (χ4n) is 0.727. The lowest BCUT2D eigenvalue weighted by Gasteiger charge is -2.06. The van der Waals surface area contributed by atoms with E-state index in [1.165, 1.54) is 21.1 Å². The second-order valence-electron chi connectivity index (χ2n) is 2.45. The van der Waals surface area contributed by atoms with Crippen molar-refractivity contribution in [1.29, 1.82) is 0 Å². The van der Waals surface area contributed by atoms with Crippen LogP contribution in [0.2, 0.25) is 0 Å². The topological polar surface area (TPSA) is 52.6 Å². The van der Waals surface area contributed by atoms with E-state index in [2.05, 4.69) is 4.74 Å². The van der Waals surface area contributed by atoms with Gasteiger partial charge in [0.15, 0.2) is 0 Å². The lowest BCUT2D eigenvalue weighted by Crippen LogP contribution is -2.23. The Balaban J connectivity index is 3.84. The van der Waals surface area contributed by atoms with Crippen molar-refractivity contribution < 1.29 is 19.1 Å². The zero-order chi connectivity index (χ0) is 9.56. The molecule has 0 heterocycles. The van der Waals surface area contributed by atoms with E-state index >= 15 is 0 Å². The van der Waals surface area contributed by atoms with Crippen LogP contribution in [0.1, 0.15) is 13.3 Å². The van der Waals surface area contributed by atoms with Gasteiger partial charge in [-0.15, -0.1) is 0 Å². The van der Waals surface area contributed by atoms with Crippen molar-refractivity contribution in [2.75, 3.05) is 20.8 Å². The average molecular weight is 174 g/mol. The maximum Gasteiger partial charge on any atom is 0.315 e. The Labute approximate surface area is 71.8 Å². The van der Waals surface area contributed by atoms with Crippen molar-refractivity contribution in [2.45, 2.75) is 13.3 Å². The summed E-state index contributed by atoms with van der Waals surface area (Å²) < 4.78 is 9.12. The van der Waals surface area contributed by atoms with Crippen LogP contribution in [0.5, 0.6) is 0 Å². The van der Waals surface area contributed by atoms with Gasteiger partial charge in [-0.05, 0) is 6.92 Å². The van der Waals surface area contributed by atoms with Crippen LogP contribution in [0.25, 0.3) is 0 Å². The molecular weight excluding hydrogens is 160 g/mol. The summed E-state index contributed by atoms with van der Waals surface area (Å²) in [5.74, 6) is -1.31. The first-order chi connectivity index (χ1) is 5.63. The van der Waals surface area contributed by atoms with E-state index in [1.54, 1.807) is 0 Å². The van der Waals surface area contributed by atoms with Gasteiger partial charge in [0.1, 0.15) is 11.7 Å². The fourth-order valence-corrected chi connectivity index (χ4v) is 0.727. The van der Waals surface area contributed by atoms with Crippen LogP contribution in [0, 0.1) is 5.92 Å². The molecule has 0 aromatic carbocycles. The third-order valence-corrected chi connectivity index (χ3v) is 1.59. The van der Waals surface area contributed by atoms with E-state index in [9.17, 15) is 9.59 Å². The van der Waals surface area contributed by atoms with Gasteiger partial charge in [-0.2, -0.15) is 0 Å². The number of carbonyl (C=O) groups is 2. The third kappa shape index (κ3) is 3.48. The first kappa shape index (κ1) is 11.1. The van der Waals surface area contributed by atoms with Crippen LogP contribution >= 0.6 is 0 Å². The molecule has 1 unspecified atom stereocenters. The molecule has 0 bridgehead atoms. The highest BCUT2D eigenvalue weighted by molar-refractivity contribution is 5.98. The van der Waals surface area contributed by atoms with E-state index < -0.39 is 11.9 Å². The normalized spacial score (nSPS) is 12.2. The zero-order valence-corrected chi connectivity index (χ0v) is 7.62. The molecule has 4 nitrogen and oxygen atoms in total. The maximum absolute atomic E-state index is 11.1. The molecule has 0 saturated heterocycles. The smallest absolute Gasteiger partial charge is 0.315 e. The summed E-state index contributed by atoms with van der Waals surface area (Å²) in [4.78, 5) is 22.0. The number of ether oxygens (including phenoxy) is 2. The molecule has 0 aliphatic heterocycles. The number of carbonyl (C=O) groups excluding carboxylic acids is 2. The van der Waals surface area contributed by atoms with Crippen LogP contribution in [0.3, 0.4) is 0 Å². The molecule has 12 heavy (non-hydrogen) atoms. The molecule has 4 heteroatoms. The Morgan fingerprint density at radius 1 is 1.33 bits per heavy atom. The van der Waals surface area contributed by atoms with Gasteiger partial charge >= 0.3 is 5.97 Å². The number of hydrogen-bond donors (Lipinski definition) is 0. The standard InChI is InChI=1S/C8H14O4/c1-6(8(10)12-3)7(9)4-5-11-2/h6H,4-5H2,1-3H3. The van der Waals surface area contributed by atoms with Crippen LogP contribution in [0.15, 0.2) is 0 Å². The monoisotopic (exact) mass is 174 g/mol. The van der Waals surface area contributed by atoms with E-state index in [0.29, 0.717) is 6.61 Å². The van der Waals surface area contributed by atoms with Crippen molar-refractivity contribution >= 4 is 11.8 Å². The Kier molecular flexibility index (Phi) is 5.28. The summed E-state index contributed by atoms with van der Waals surface area (Å²) in [6, 6.07) is 0. The molecule has 70 valence electrons. The van der Waals surface area contributed by atoms with Gasteiger partial charge in [-0.25, -0.2) is 0 Å². The minimum absolute atomic E-state index is 0.149. The van der Waals surface area contributed by atoms with Crippen molar-refractivity contribution in [1.82, 2.24) is 0 Å². The summed E-state index contributed by atoms with van der Waals surface area (Å²) in [6.07, 6.45) is 0.257. The van der Waals surface area contributed by atoms with Gasteiger partial charge in [0, 0.05) is 13.5 Å². The van der Waals surface area contributed by atoms with Crippen molar-refractivity contribution in [3.8, 4) is 0 Å². The summed E-state index contributed by atoms with van der Waals surface area (Å²) in [5.41, 5.74) is 0. The highest BCUT2D eigenvalue weighted by Gasteiger charge is 2.20. The predicted molar refractivity (Wildman–Crippen MR) is 42.7 cm³/mol. The molecule has 0 aromatic rings. The van der Waals surface area contributed by atoms with Gasteiger partial charge in [0.05, 0.1) is 13.7 Å². The van der Waals surface area contributed by atoms with E-state index in [-0.39, 0.29) is 12.2 Å². The molecular formula is C8H14O4. The van der Waals surface area contributed by atoms with E-state index in [4.69, 9.17) is 4.74 Å². The van der Waals surface area contributed by atoms with Crippen molar-refractivity contribution in [3.63, 3.8) is 0 Å². The van der Waals surface area contributed by atoms with Gasteiger partial charge < -0.3 is 9.47 Å². The molecule has 0 N–H and O–H groups in total. The van der Waals surface area contributed by atoms with E-state index in [1.807, 2.05) is 0 Å². The molecule has 1 atom stereocenters. The lowest BCUT2D eigenvalue weighted by molar-refractivity contribution is -0.148. The minimum Gasteiger partial charge on any atom is -0.468 e. The second kappa shape index (κ2) is 5.71. The molecule has 0 amide bonds. The number of methoxy groups -OCH3 is 2. The van der Waals surface area contributed by atoms with Crippen molar-refractivity contribution in [3.05, 3.63) is 0 Å². The molecule has 0 spiro atoms. The Morgan fingerprint density at radius 3 is 2.33 bits per heavy atom. The number of rotatable bonds is 5. The molecule has 0 saturated carbocycles. The van der Waals surface area contributed by atoms with Crippen LogP contribution in [-0.2, 0) is 19.1 Å². The number of ketones is 1. The van der Waals surface area contributed by atoms with Crippen LogP contribution in [0.4, 0.5) is 0 Å². The largest absolute Gasteiger partial charge is 0.468 e. The number of hydrogen-bond acceptors (Lipinski definition) is 4. The van der Waals surface area contributed by atoms with Gasteiger partial charge in [-0.1, -0.05) is 0 Å². The lowest BCUT2D eigenvalue weighted by atomic mass is 10.1. The predicted octanol–water partition coefficient (Wildman–Crippen LogP) is 0.401. The molecule has 0 rings (SSSR count). The Hall–Kier alpha value is -0.900. The number of esters is 1. The zero-order valence-electron chi connectivity index (χ0n) is 7.62. The molecule has 0 radical (unpaired) electrons. The molecule has 0 aliphatic carbocycles. The summed E-state index contributed by atoms with van der Waals surface area (Å²) in [5, 5.41) is 0. The Bertz CT molecular complexity index is 164. The van der Waals surface area contributed by atoms with Gasteiger partial charge in [0.25, 0.3) is 0 Å². The fraction of sp³-hybridized carbons (Fsp3) is 0.750. The van der Waals surface area contributed by atoms with Gasteiger partial charge in [-0.3, -0.25) is 9.59 Å². The summed E-state index contributed by atoms with van der Waals surface area (Å²) in [7, 11) is 2.78. The maximum atomic E-state index is 11.1. The average Bonchev–Trinajstić information content (AvgIpc) is 2.11. The van der Waals surface area contributed by atoms with Crippen LogP contribution in [-0.4, -0.2) is 32.6 Å². The quantitative estimate of drug-likeness (QED) is 0.447. The summed E-state index contributed by atoms with van der Waals surface area (Å²) in [6.45, 7) is 1.88. The molecule has 0 fully saturated rings. The Morgan fingerprint density at radius 2 is 1.92 bits per heavy atom. The molecule has 0 aliphatic rings. The first-order valence-electron chi connectivity index (χ1n) is 3.73. The summed E-state index contributed by atoms with van der Waals surface area (Å²) >= 11 is 0. The van der Waals surface area contributed by atoms with Crippen molar-refractivity contribution in [2.24, 2.45) is 5.92 Å². The number of Topliss-reactive ketones (excluding diaryl/α,β-unsaturated/α-hetero) is 1. The first-order valence-corrected chi connectivity index (χ1v) is 3.73. The second-order valence-corrected chi connectivity index (χ2v) is 2.45. The minimum atomic E-state index is -0.676. The highest BCUT2D eigenvalue weighted by atomic mass is 16.5. The van der Waals surface area contributed by atoms with E-state index in [0.717, 1.165) is 0 Å². The molecule has 0 aromatic heterocycles.